The van der Waals surface area contributed by atoms with Gasteiger partial charge in [-0.15, -0.1) is 0 Å². The molecule has 0 aliphatic carbocycles. The minimum Gasteiger partial charge on any atom is -0.476 e. The van der Waals surface area contributed by atoms with E-state index in [2.05, 4.69) is 15.3 Å². The molecular formula is C27H31F3N4O3. The molecule has 198 valence electrons. The number of hydrogen-bond acceptors (Lipinski definition) is 6. The molecule has 0 bridgehead atoms. The van der Waals surface area contributed by atoms with Gasteiger partial charge in [-0.2, -0.15) is 8.78 Å². The number of halogens is 3. The quantitative estimate of drug-likeness (QED) is 0.453. The number of nitrogens with zero attached hydrogens (tertiary/aromatic N) is 3. The van der Waals surface area contributed by atoms with Crippen LogP contribution in [0.15, 0.2) is 30.3 Å². The molecule has 0 spiro atoms. The number of ether oxygens (including phenoxy) is 1. The van der Waals surface area contributed by atoms with Crippen molar-refractivity contribution in [3.05, 3.63) is 53.1 Å². The fourth-order valence-corrected chi connectivity index (χ4v) is 4.42. The predicted octanol–water partition coefficient (Wildman–Crippen LogP) is 5.12. The molecule has 2 heterocycles. The lowest BCUT2D eigenvalue weighted by atomic mass is 9.91. The van der Waals surface area contributed by atoms with Crippen LogP contribution in [0.1, 0.15) is 51.6 Å². The van der Waals surface area contributed by atoms with Crippen LogP contribution < -0.4 is 15.0 Å². The molecule has 0 saturated carbocycles. The standard InChI is InChI=1S/C27H31F3N4O3/c1-7-34-20-13-17-19(14-21(20)37-25(3,4)24(34)35)32-15(2)33-23(17)31-12-11-16-9-8-10-18(22(16)28)27(29,30)26(5,6)36/h8-10,13-14,36H,7,11-12H2,1-6H3,(H,31,32,33). The number of fused-ring (bicyclic) bond motifs is 2. The number of nitrogens with one attached hydrogen (secondary N) is 1. The number of rotatable bonds is 7. The van der Waals surface area contributed by atoms with E-state index in [1.54, 1.807) is 37.8 Å². The van der Waals surface area contributed by atoms with Gasteiger partial charge >= 0.3 is 5.92 Å². The van der Waals surface area contributed by atoms with Crippen molar-refractivity contribution < 1.29 is 27.8 Å². The highest BCUT2D eigenvalue weighted by molar-refractivity contribution is 6.05. The molecule has 0 unspecified atom stereocenters. The fraction of sp³-hybridized carbons (Fsp3) is 0.444. The summed E-state index contributed by atoms with van der Waals surface area (Å²) in [6.45, 7) is 9.58. The smallest absolute Gasteiger partial charge is 0.303 e. The third-order valence-corrected chi connectivity index (χ3v) is 6.49. The number of carbonyl (C=O) groups is 1. The summed E-state index contributed by atoms with van der Waals surface area (Å²) in [6.07, 6.45) is 0.0912. The minimum absolute atomic E-state index is 0.0831. The molecule has 2 aromatic carbocycles. The molecule has 0 fully saturated rings. The SMILES string of the molecule is CCN1C(=O)C(C)(C)Oc2cc3nc(C)nc(NCCc4cccc(C(F)(F)C(C)(C)O)c4F)c3cc21. The summed E-state index contributed by atoms with van der Waals surface area (Å²) < 4.78 is 50.2. The van der Waals surface area contributed by atoms with Crippen LogP contribution in [0.3, 0.4) is 0 Å². The molecule has 0 radical (unpaired) electrons. The van der Waals surface area contributed by atoms with Gasteiger partial charge in [-0.3, -0.25) is 4.79 Å². The summed E-state index contributed by atoms with van der Waals surface area (Å²) in [5, 5.41) is 13.7. The summed E-state index contributed by atoms with van der Waals surface area (Å²) in [6, 6.07) is 7.32. The Balaban J connectivity index is 1.64. The zero-order chi connectivity index (χ0) is 27.3. The van der Waals surface area contributed by atoms with Gasteiger partial charge in [-0.25, -0.2) is 14.4 Å². The number of carbonyl (C=O) groups excluding carboxylic acids is 1. The van der Waals surface area contributed by atoms with E-state index < -0.39 is 28.5 Å². The van der Waals surface area contributed by atoms with Crippen LogP contribution in [0.25, 0.3) is 10.9 Å². The zero-order valence-corrected chi connectivity index (χ0v) is 21.7. The monoisotopic (exact) mass is 516 g/mol. The number of likely N-dealkylation sites (N-methyl/N-ethyl adjacent to an activating group) is 1. The second-order valence-electron chi connectivity index (χ2n) is 10.2. The summed E-state index contributed by atoms with van der Waals surface area (Å²) >= 11 is 0. The Labute approximate surface area is 213 Å². The van der Waals surface area contributed by atoms with Crippen molar-refractivity contribution in [3.8, 4) is 5.75 Å². The van der Waals surface area contributed by atoms with Crippen molar-refractivity contribution in [2.75, 3.05) is 23.3 Å². The van der Waals surface area contributed by atoms with Crippen LogP contribution in [0.2, 0.25) is 0 Å². The number of alkyl halides is 2. The second kappa shape index (κ2) is 9.16. The van der Waals surface area contributed by atoms with E-state index in [1.807, 2.05) is 6.92 Å². The molecule has 1 aromatic heterocycles. The molecule has 0 saturated heterocycles. The maximum absolute atomic E-state index is 15.0. The van der Waals surface area contributed by atoms with Crippen molar-refractivity contribution in [1.29, 1.82) is 0 Å². The van der Waals surface area contributed by atoms with E-state index in [1.165, 1.54) is 12.1 Å². The first-order valence-corrected chi connectivity index (χ1v) is 12.1. The first-order chi connectivity index (χ1) is 17.2. The lowest BCUT2D eigenvalue weighted by Gasteiger charge is -2.38. The first-order valence-electron chi connectivity index (χ1n) is 12.1. The average Bonchev–Trinajstić information content (AvgIpc) is 2.79. The summed E-state index contributed by atoms with van der Waals surface area (Å²) in [5.41, 5.74) is -3.00. The van der Waals surface area contributed by atoms with Gasteiger partial charge in [0.15, 0.2) is 5.60 Å². The van der Waals surface area contributed by atoms with Crippen molar-refractivity contribution >= 4 is 28.3 Å². The van der Waals surface area contributed by atoms with Gasteiger partial charge in [-0.05, 0) is 65.7 Å². The Kier molecular flexibility index (Phi) is 6.60. The predicted molar refractivity (Wildman–Crippen MR) is 136 cm³/mol. The molecule has 1 aliphatic rings. The molecule has 1 amide bonds. The Morgan fingerprint density at radius 2 is 1.89 bits per heavy atom. The van der Waals surface area contributed by atoms with E-state index in [-0.39, 0.29) is 24.4 Å². The van der Waals surface area contributed by atoms with E-state index in [4.69, 9.17) is 4.74 Å². The number of amides is 1. The Morgan fingerprint density at radius 1 is 1.19 bits per heavy atom. The number of benzene rings is 2. The van der Waals surface area contributed by atoms with Crippen molar-refractivity contribution in [1.82, 2.24) is 9.97 Å². The molecule has 3 aromatic rings. The zero-order valence-electron chi connectivity index (χ0n) is 21.7. The van der Waals surface area contributed by atoms with E-state index in [0.717, 1.165) is 19.9 Å². The molecule has 1 aliphatic heterocycles. The highest BCUT2D eigenvalue weighted by Gasteiger charge is 2.49. The Hall–Kier alpha value is -3.40. The van der Waals surface area contributed by atoms with Gasteiger partial charge in [0.2, 0.25) is 0 Å². The molecule has 0 atom stereocenters. The van der Waals surface area contributed by atoms with Gasteiger partial charge in [0.05, 0.1) is 16.8 Å². The summed E-state index contributed by atoms with van der Waals surface area (Å²) in [4.78, 5) is 23.5. The molecule has 10 heteroatoms. The third kappa shape index (κ3) is 4.70. The summed E-state index contributed by atoms with van der Waals surface area (Å²) in [7, 11) is 0. The van der Waals surface area contributed by atoms with E-state index in [0.29, 0.717) is 40.5 Å². The van der Waals surface area contributed by atoms with Gasteiger partial charge in [0.1, 0.15) is 28.8 Å². The van der Waals surface area contributed by atoms with E-state index >= 15 is 4.39 Å². The molecule has 7 nitrogen and oxygen atoms in total. The highest BCUT2D eigenvalue weighted by Crippen LogP contribution is 2.42. The van der Waals surface area contributed by atoms with Gasteiger partial charge in [0, 0.05) is 24.5 Å². The second-order valence-corrected chi connectivity index (χ2v) is 10.2. The number of anilines is 2. The fourth-order valence-electron chi connectivity index (χ4n) is 4.42. The molecular weight excluding hydrogens is 485 g/mol. The Bertz CT molecular complexity index is 1370. The van der Waals surface area contributed by atoms with Gasteiger partial charge in [0.25, 0.3) is 5.91 Å². The maximum Gasteiger partial charge on any atom is 0.303 e. The van der Waals surface area contributed by atoms with Crippen molar-refractivity contribution in [2.45, 2.75) is 65.1 Å². The topological polar surface area (TPSA) is 87.6 Å². The normalized spacial score (nSPS) is 15.5. The molecule has 2 N–H and O–H groups in total. The third-order valence-electron chi connectivity index (χ3n) is 6.49. The number of aromatic nitrogens is 2. The molecule has 37 heavy (non-hydrogen) atoms. The van der Waals surface area contributed by atoms with Crippen LogP contribution in [-0.2, 0) is 17.1 Å². The van der Waals surface area contributed by atoms with Gasteiger partial charge < -0.3 is 20.1 Å². The average molecular weight is 517 g/mol. The lowest BCUT2D eigenvalue weighted by molar-refractivity contribution is -0.170. The van der Waals surface area contributed by atoms with Crippen LogP contribution in [0, 0.1) is 12.7 Å². The highest BCUT2D eigenvalue weighted by atomic mass is 19.3. The number of aliphatic hydroxyl groups is 1. The summed E-state index contributed by atoms with van der Waals surface area (Å²) in [5.74, 6) is -3.48. The van der Waals surface area contributed by atoms with Crippen molar-refractivity contribution in [3.63, 3.8) is 0 Å². The number of aryl methyl sites for hydroxylation is 1. The van der Waals surface area contributed by atoms with Gasteiger partial charge in [-0.1, -0.05) is 12.1 Å². The van der Waals surface area contributed by atoms with E-state index in [9.17, 15) is 18.7 Å². The van der Waals surface area contributed by atoms with Crippen LogP contribution in [0.5, 0.6) is 5.75 Å². The van der Waals surface area contributed by atoms with Crippen LogP contribution in [-0.4, -0.2) is 45.3 Å². The molecule has 4 rings (SSSR count). The Morgan fingerprint density at radius 3 is 2.54 bits per heavy atom. The van der Waals surface area contributed by atoms with Crippen LogP contribution >= 0.6 is 0 Å². The maximum atomic E-state index is 15.0. The first kappa shape index (κ1) is 26.7. The minimum atomic E-state index is -3.77. The number of hydrogen-bond donors (Lipinski definition) is 2. The van der Waals surface area contributed by atoms with Crippen molar-refractivity contribution in [2.24, 2.45) is 0 Å². The largest absolute Gasteiger partial charge is 0.476 e. The van der Waals surface area contributed by atoms with Crippen LogP contribution in [0.4, 0.5) is 24.7 Å². The lowest BCUT2D eigenvalue weighted by Crippen LogP contribution is -2.52.